The van der Waals surface area contributed by atoms with E-state index in [-0.39, 0.29) is 17.8 Å². The Kier molecular flexibility index (Phi) is 7.44. The Morgan fingerprint density at radius 2 is 2.04 bits per heavy atom. The number of amides is 1. The SMILES string of the molecule is CCNC(=NCc1cccc(C(=O)NC)c1)N1CCC(C(=O)OC)CC1. The van der Waals surface area contributed by atoms with Gasteiger partial charge in [0.1, 0.15) is 0 Å². The first kappa shape index (κ1) is 19.8. The van der Waals surface area contributed by atoms with Crippen LogP contribution in [0.1, 0.15) is 35.7 Å². The molecule has 0 radical (unpaired) electrons. The van der Waals surface area contributed by atoms with Gasteiger partial charge < -0.3 is 20.3 Å². The zero-order chi connectivity index (χ0) is 18.9. The summed E-state index contributed by atoms with van der Waals surface area (Å²) in [6, 6.07) is 7.47. The number of hydrogen-bond acceptors (Lipinski definition) is 4. The maximum absolute atomic E-state index is 11.8. The third-order valence-corrected chi connectivity index (χ3v) is 4.49. The summed E-state index contributed by atoms with van der Waals surface area (Å²) in [5.74, 6) is 0.578. The van der Waals surface area contributed by atoms with E-state index in [1.165, 1.54) is 7.11 Å². The van der Waals surface area contributed by atoms with Gasteiger partial charge in [0.2, 0.25) is 0 Å². The summed E-state index contributed by atoms with van der Waals surface area (Å²) in [5, 5.41) is 5.94. The molecule has 0 spiro atoms. The largest absolute Gasteiger partial charge is 0.469 e. The van der Waals surface area contributed by atoms with Crippen LogP contribution in [0.15, 0.2) is 29.3 Å². The molecule has 1 aromatic carbocycles. The van der Waals surface area contributed by atoms with Crippen molar-refractivity contribution < 1.29 is 14.3 Å². The second kappa shape index (κ2) is 9.79. The van der Waals surface area contributed by atoms with Gasteiger partial charge in [-0.15, -0.1) is 0 Å². The molecule has 1 amide bonds. The molecule has 0 atom stereocenters. The molecular formula is C19H28N4O3. The highest BCUT2D eigenvalue weighted by Gasteiger charge is 2.26. The molecule has 0 saturated carbocycles. The van der Waals surface area contributed by atoms with Crippen LogP contribution in [0.2, 0.25) is 0 Å². The van der Waals surface area contributed by atoms with E-state index in [1.54, 1.807) is 13.1 Å². The normalized spacial score (nSPS) is 15.5. The Bertz CT molecular complexity index is 652. The summed E-state index contributed by atoms with van der Waals surface area (Å²) in [4.78, 5) is 30.3. The fourth-order valence-corrected chi connectivity index (χ4v) is 3.04. The summed E-state index contributed by atoms with van der Waals surface area (Å²) < 4.78 is 4.84. The third kappa shape index (κ3) is 5.21. The average molecular weight is 360 g/mol. The van der Waals surface area contributed by atoms with Gasteiger partial charge in [-0.2, -0.15) is 0 Å². The lowest BCUT2D eigenvalue weighted by molar-refractivity contribution is -0.146. The molecule has 2 N–H and O–H groups in total. The number of carbonyl (C=O) groups is 2. The minimum Gasteiger partial charge on any atom is -0.469 e. The lowest BCUT2D eigenvalue weighted by Gasteiger charge is -2.33. The van der Waals surface area contributed by atoms with Gasteiger partial charge in [-0.3, -0.25) is 9.59 Å². The zero-order valence-corrected chi connectivity index (χ0v) is 15.7. The van der Waals surface area contributed by atoms with Crippen molar-refractivity contribution in [1.29, 1.82) is 0 Å². The van der Waals surface area contributed by atoms with Crippen LogP contribution in [0.3, 0.4) is 0 Å². The molecule has 1 aliphatic rings. The van der Waals surface area contributed by atoms with E-state index in [4.69, 9.17) is 9.73 Å². The van der Waals surface area contributed by atoms with Crippen LogP contribution in [0.5, 0.6) is 0 Å². The van der Waals surface area contributed by atoms with E-state index in [2.05, 4.69) is 15.5 Å². The lowest BCUT2D eigenvalue weighted by Crippen LogP contribution is -2.46. The van der Waals surface area contributed by atoms with Gasteiger partial charge in [-0.05, 0) is 37.5 Å². The van der Waals surface area contributed by atoms with Crippen molar-refractivity contribution >= 4 is 17.8 Å². The van der Waals surface area contributed by atoms with Gasteiger partial charge >= 0.3 is 5.97 Å². The van der Waals surface area contributed by atoms with E-state index in [0.717, 1.165) is 44.0 Å². The van der Waals surface area contributed by atoms with Gasteiger partial charge in [0, 0.05) is 32.2 Å². The maximum Gasteiger partial charge on any atom is 0.308 e. The molecule has 7 heteroatoms. The molecule has 1 fully saturated rings. The smallest absolute Gasteiger partial charge is 0.308 e. The fraction of sp³-hybridized carbons (Fsp3) is 0.526. The Labute approximate surface area is 154 Å². The number of benzene rings is 1. The zero-order valence-electron chi connectivity index (χ0n) is 15.7. The molecule has 0 unspecified atom stereocenters. The second-order valence-electron chi connectivity index (χ2n) is 6.23. The van der Waals surface area contributed by atoms with E-state index >= 15 is 0 Å². The van der Waals surface area contributed by atoms with Crippen LogP contribution in [-0.4, -0.2) is 56.5 Å². The Hall–Kier alpha value is -2.57. The molecule has 1 heterocycles. The fourth-order valence-electron chi connectivity index (χ4n) is 3.04. The van der Waals surface area contributed by atoms with E-state index in [0.29, 0.717) is 12.1 Å². The summed E-state index contributed by atoms with van der Waals surface area (Å²) in [6.45, 7) is 4.83. The summed E-state index contributed by atoms with van der Waals surface area (Å²) >= 11 is 0. The number of ether oxygens (including phenoxy) is 1. The number of piperidine rings is 1. The minimum atomic E-state index is -0.127. The van der Waals surface area contributed by atoms with E-state index in [1.807, 2.05) is 25.1 Å². The molecular weight excluding hydrogens is 332 g/mol. The molecule has 0 aromatic heterocycles. The quantitative estimate of drug-likeness (QED) is 0.471. The number of rotatable bonds is 5. The number of nitrogens with one attached hydrogen (secondary N) is 2. The van der Waals surface area contributed by atoms with Crippen molar-refractivity contribution in [3.8, 4) is 0 Å². The molecule has 2 rings (SSSR count). The first-order valence-corrected chi connectivity index (χ1v) is 9.01. The van der Waals surface area contributed by atoms with E-state index in [9.17, 15) is 9.59 Å². The predicted molar refractivity (Wildman–Crippen MR) is 101 cm³/mol. The first-order valence-electron chi connectivity index (χ1n) is 9.01. The maximum atomic E-state index is 11.8. The second-order valence-corrected chi connectivity index (χ2v) is 6.23. The molecule has 1 aliphatic heterocycles. The van der Waals surface area contributed by atoms with Gasteiger partial charge in [-0.1, -0.05) is 12.1 Å². The monoisotopic (exact) mass is 360 g/mol. The average Bonchev–Trinajstić information content (AvgIpc) is 2.70. The number of likely N-dealkylation sites (tertiary alicyclic amines) is 1. The van der Waals surface area contributed by atoms with Crippen LogP contribution in [0, 0.1) is 5.92 Å². The van der Waals surface area contributed by atoms with Gasteiger partial charge in [0.05, 0.1) is 19.6 Å². The highest BCUT2D eigenvalue weighted by Crippen LogP contribution is 2.18. The van der Waals surface area contributed by atoms with Crippen molar-refractivity contribution in [1.82, 2.24) is 15.5 Å². The number of nitrogens with zero attached hydrogens (tertiary/aromatic N) is 2. The minimum absolute atomic E-state index is 0.0247. The molecule has 142 valence electrons. The summed E-state index contributed by atoms with van der Waals surface area (Å²) in [6.07, 6.45) is 1.53. The Balaban J connectivity index is 2.03. The number of esters is 1. The number of guanidine groups is 1. The topological polar surface area (TPSA) is 83.0 Å². The molecule has 0 bridgehead atoms. The number of carbonyl (C=O) groups excluding carboxylic acids is 2. The highest BCUT2D eigenvalue weighted by atomic mass is 16.5. The molecule has 1 aromatic rings. The van der Waals surface area contributed by atoms with Crippen molar-refractivity contribution in [2.45, 2.75) is 26.3 Å². The van der Waals surface area contributed by atoms with Gasteiger partial charge in [-0.25, -0.2) is 4.99 Å². The molecule has 0 aliphatic carbocycles. The van der Waals surface area contributed by atoms with Gasteiger partial charge in [0.25, 0.3) is 5.91 Å². The van der Waals surface area contributed by atoms with Crippen LogP contribution in [-0.2, 0) is 16.1 Å². The summed E-state index contributed by atoms with van der Waals surface area (Å²) in [5.41, 5.74) is 1.61. The summed E-state index contributed by atoms with van der Waals surface area (Å²) in [7, 11) is 3.06. The first-order chi connectivity index (χ1) is 12.6. The Morgan fingerprint density at radius 3 is 2.65 bits per heavy atom. The van der Waals surface area contributed by atoms with Crippen molar-refractivity contribution in [2.75, 3.05) is 33.8 Å². The highest BCUT2D eigenvalue weighted by molar-refractivity contribution is 5.94. The van der Waals surface area contributed by atoms with Crippen LogP contribution in [0.25, 0.3) is 0 Å². The standard InChI is InChI=1S/C19H28N4O3/c1-4-21-19(23-10-8-15(9-11-23)18(25)26-3)22-13-14-6-5-7-16(12-14)17(24)20-2/h5-7,12,15H,4,8-11,13H2,1-3H3,(H,20,24)(H,21,22). The molecule has 7 nitrogen and oxygen atoms in total. The van der Waals surface area contributed by atoms with Gasteiger partial charge in [0.15, 0.2) is 5.96 Å². The van der Waals surface area contributed by atoms with Crippen LogP contribution >= 0.6 is 0 Å². The number of hydrogen-bond donors (Lipinski definition) is 2. The van der Waals surface area contributed by atoms with Crippen LogP contribution < -0.4 is 10.6 Å². The molecule has 26 heavy (non-hydrogen) atoms. The van der Waals surface area contributed by atoms with Crippen LogP contribution in [0.4, 0.5) is 0 Å². The lowest BCUT2D eigenvalue weighted by atomic mass is 9.97. The third-order valence-electron chi connectivity index (χ3n) is 4.49. The van der Waals surface area contributed by atoms with Crippen molar-refractivity contribution in [3.63, 3.8) is 0 Å². The van der Waals surface area contributed by atoms with E-state index < -0.39 is 0 Å². The Morgan fingerprint density at radius 1 is 1.31 bits per heavy atom. The number of aliphatic imine (C=N–C) groups is 1. The predicted octanol–water partition coefficient (Wildman–Crippen LogP) is 1.40. The van der Waals surface area contributed by atoms with Crippen molar-refractivity contribution in [3.05, 3.63) is 35.4 Å². The molecule has 1 saturated heterocycles. The van der Waals surface area contributed by atoms with Crippen molar-refractivity contribution in [2.24, 2.45) is 10.9 Å². The number of methoxy groups -OCH3 is 1.